The topological polar surface area (TPSA) is 12.9 Å². The molecular weight excluding hydrogens is 206 g/mol. The molecule has 0 aliphatic heterocycles. The number of benzene rings is 1. The molecule has 1 heterocycles. The van der Waals surface area contributed by atoms with Crippen molar-refractivity contribution in [3.05, 3.63) is 73.0 Å². The van der Waals surface area contributed by atoms with E-state index < -0.39 is 0 Å². The highest BCUT2D eigenvalue weighted by molar-refractivity contribution is 5.94. The number of aromatic nitrogens is 1. The van der Waals surface area contributed by atoms with Crippen LogP contribution in [0.5, 0.6) is 0 Å². The minimum Gasteiger partial charge on any atom is -0.256 e. The van der Waals surface area contributed by atoms with Gasteiger partial charge in [0.25, 0.3) is 0 Å². The van der Waals surface area contributed by atoms with Crippen LogP contribution in [-0.2, 0) is 0 Å². The molecule has 0 aliphatic rings. The van der Waals surface area contributed by atoms with Crippen LogP contribution in [-0.4, -0.2) is 4.98 Å². The van der Waals surface area contributed by atoms with Gasteiger partial charge in [-0.05, 0) is 30.2 Å². The first-order chi connectivity index (χ1) is 8.36. The van der Waals surface area contributed by atoms with Crippen LogP contribution in [0.15, 0.2) is 67.4 Å². The molecule has 17 heavy (non-hydrogen) atoms. The first-order valence-corrected chi connectivity index (χ1v) is 5.66. The van der Waals surface area contributed by atoms with Crippen LogP contribution < -0.4 is 0 Å². The van der Waals surface area contributed by atoms with Crippen molar-refractivity contribution in [3.8, 4) is 0 Å². The lowest BCUT2D eigenvalue weighted by molar-refractivity contribution is 1.41. The maximum absolute atomic E-state index is 4.37. The molecule has 1 nitrogen and oxygen atoms in total. The molecule has 1 aromatic heterocycles. The van der Waals surface area contributed by atoms with Crippen molar-refractivity contribution in [3.63, 3.8) is 0 Å². The molecule has 1 aromatic carbocycles. The van der Waals surface area contributed by atoms with Crippen molar-refractivity contribution in [1.82, 2.24) is 4.98 Å². The summed E-state index contributed by atoms with van der Waals surface area (Å²) in [5, 5.41) is 1.17. The number of allylic oxidation sites excluding steroid dienone is 5. The molecule has 0 radical (unpaired) electrons. The molecule has 0 aliphatic carbocycles. The van der Waals surface area contributed by atoms with Gasteiger partial charge in [-0.1, -0.05) is 49.1 Å². The second-order valence-corrected chi connectivity index (χ2v) is 3.73. The highest BCUT2D eigenvalue weighted by Crippen LogP contribution is 2.24. The molecule has 0 saturated carbocycles. The summed E-state index contributed by atoms with van der Waals surface area (Å²) in [6, 6.07) is 10.2. The SMILES string of the molecule is C=C/C=C(\C=C/C)c1cccc2ncccc12. The predicted molar refractivity (Wildman–Crippen MR) is 74.7 cm³/mol. The highest BCUT2D eigenvalue weighted by Gasteiger charge is 2.03. The summed E-state index contributed by atoms with van der Waals surface area (Å²) in [4.78, 5) is 4.37. The Balaban J connectivity index is 2.69. The molecule has 0 saturated heterocycles. The predicted octanol–water partition coefficient (Wildman–Crippen LogP) is 4.38. The van der Waals surface area contributed by atoms with Crippen molar-refractivity contribution >= 4 is 16.5 Å². The van der Waals surface area contributed by atoms with Gasteiger partial charge in [-0.3, -0.25) is 4.98 Å². The van der Waals surface area contributed by atoms with Crippen molar-refractivity contribution in [1.29, 1.82) is 0 Å². The van der Waals surface area contributed by atoms with Crippen LogP contribution in [0.3, 0.4) is 0 Å². The smallest absolute Gasteiger partial charge is 0.0708 e. The molecule has 2 aromatic rings. The number of hydrogen-bond acceptors (Lipinski definition) is 1. The van der Waals surface area contributed by atoms with Crippen molar-refractivity contribution < 1.29 is 0 Å². The monoisotopic (exact) mass is 221 g/mol. The minimum atomic E-state index is 1.02. The third-order valence-corrected chi connectivity index (χ3v) is 2.60. The van der Waals surface area contributed by atoms with Gasteiger partial charge in [-0.15, -0.1) is 0 Å². The Morgan fingerprint density at radius 2 is 2.12 bits per heavy atom. The Morgan fingerprint density at radius 1 is 1.24 bits per heavy atom. The largest absolute Gasteiger partial charge is 0.256 e. The van der Waals surface area contributed by atoms with Crippen LogP contribution in [0.25, 0.3) is 16.5 Å². The fraction of sp³-hybridized carbons (Fsp3) is 0.0625. The molecule has 1 heteroatoms. The average Bonchev–Trinajstić information content (AvgIpc) is 2.38. The number of hydrogen-bond donors (Lipinski definition) is 0. The molecular formula is C16H15N. The normalized spacial score (nSPS) is 12.2. The van der Waals surface area contributed by atoms with Gasteiger partial charge in [0.2, 0.25) is 0 Å². The van der Waals surface area contributed by atoms with Crippen molar-refractivity contribution in [2.75, 3.05) is 0 Å². The highest BCUT2D eigenvalue weighted by atomic mass is 14.6. The summed E-state index contributed by atoms with van der Waals surface area (Å²) < 4.78 is 0. The van der Waals surface area contributed by atoms with E-state index in [-0.39, 0.29) is 0 Å². The third kappa shape index (κ3) is 2.34. The summed E-state index contributed by atoms with van der Waals surface area (Å²) in [5.41, 5.74) is 3.36. The third-order valence-electron chi connectivity index (χ3n) is 2.60. The summed E-state index contributed by atoms with van der Waals surface area (Å²) >= 11 is 0. The van der Waals surface area contributed by atoms with Gasteiger partial charge in [-0.2, -0.15) is 0 Å². The molecule has 0 fully saturated rings. The molecule has 2 rings (SSSR count). The standard InChI is InChI=1S/C16H15N/c1-3-7-13(8-4-2)14-9-5-11-16-15(14)10-6-12-17-16/h3-12H,1H2,2H3/b8-4-,13-7+. The van der Waals surface area contributed by atoms with E-state index in [9.17, 15) is 0 Å². The van der Waals surface area contributed by atoms with Gasteiger partial charge in [0.05, 0.1) is 5.52 Å². The van der Waals surface area contributed by atoms with Gasteiger partial charge in [0.15, 0.2) is 0 Å². The lowest BCUT2D eigenvalue weighted by Crippen LogP contribution is -1.85. The number of rotatable bonds is 3. The Labute approximate surface area is 102 Å². The fourth-order valence-corrected chi connectivity index (χ4v) is 1.90. The summed E-state index contributed by atoms with van der Waals surface area (Å²) in [7, 11) is 0. The second kappa shape index (κ2) is 5.26. The average molecular weight is 221 g/mol. The Bertz CT molecular complexity index is 586. The van der Waals surface area contributed by atoms with Crippen LogP contribution in [0, 0.1) is 0 Å². The molecule has 0 unspecified atom stereocenters. The van der Waals surface area contributed by atoms with Crippen LogP contribution in [0.4, 0.5) is 0 Å². The van der Waals surface area contributed by atoms with E-state index in [1.54, 1.807) is 0 Å². The van der Waals surface area contributed by atoms with Crippen molar-refractivity contribution in [2.45, 2.75) is 6.92 Å². The molecule has 84 valence electrons. The number of pyridine rings is 1. The lowest BCUT2D eigenvalue weighted by Gasteiger charge is -2.06. The molecule has 0 N–H and O–H groups in total. The maximum atomic E-state index is 4.37. The zero-order chi connectivity index (χ0) is 12.1. The van der Waals surface area contributed by atoms with E-state index in [1.165, 1.54) is 10.9 Å². The first kappa shape index (κ1) is 11.3. The van der Waals surface area contributed by atoms with Crippen LogP contribution in [0.1, 0.15) is 12.5 Å². The number of fused-ring (bicyclic) bond motifs is 1. The quantitative estimate of drug-likeness (QED) is 0.701. The van der Waals surface area contributed by atoms with E-state index in [2.05, 4.69) is 29.8 Å². The van der Waals surface area contributed by atoms with Crippen molar-refractivity contribution in [2.24, 2.45) is 0 Å². The van der Waals surface area contributed by atoms with E-state index >= 15 is 0 Å². The van der Waals surface area contributed by atoms with Crippen LogP contribution in [0.2, 0.25) is 0 Å². The molecule has 0 spiro atoms. The zero-order valence-electron chi connectivity index (χ0n) is 9.93. The fourth-order valence-electron chi connectivity index (χ4n) is 1.90. The van der Waals surface area contributed by atoms with E-state index in [4.69, 9.17) is 0 Å². The Morgan fingerprint density at radius 3 is 2.88 bits per heavy atom. The molecule has 0 bridgehead atoms. The molecule has 0 amide bonds. The van der Waals surface area contributed by atoms with E-state index in [1.807, 2.05) is 49.5 Å². The maximum Gasteiger partial charge on any atom is 0.0708 e. The molecule has 0 atom stereocenters. The van der Waals surface area contributed by atoms with Crippen LogP contribution >= 0.6 is 0 Å². The Kier molecular flexibility index (Phi) is 3.51. The summed E-state index contributed by atoms with van der Waals surface area (Å²) in [6.45, 7) is 5.78. The van der Waals surface area contributed by atoms with Gasteiger partial charge >= 0.3 is 0 Å². The van der Waals surface area contributed by atoms with Gasteiger partial charge in [-0.25, -0.2) is 0 Å². The Hall–Kier alpha value is -2.15. The van der Waals surface area contributed by atoms with Gasteiger partial charge in [0, 0.05) is 11.6 Å². The zero-order valence-corrected chi connectivity index (χ0v) is 9.93. The summed E-state index contributed by atoms with van der Waals surface area (Å²) in [5.74, 6) is 0. The van der Waals surface area contributed by atoms with Gasteiger partial charge in [0.1, 0.15) is 0 Å². The number of nitrogens with zero attached hydrogens (tertiary/aromatic N) is 1. The van der Waals surface area contributed by atoms with E-state index in [0.29, 0.717) is 0 Å². The lowest BCUT2D eigenvalue weighted by atomic mass is 10.00. The summed E-state index contributed by atoms with van der Waals surface area (Å²) in [6.07, 6.45) is 9.76. The second-order valence-electron chi connectivity index (χ2n) is 3.73. The van der Waals surface area contributed by atoms with Gasteiger partial charge < -0.3 is 0 Å². The van der Waals surface area contributed by atoms with E-state index in [0.717, 1.165) is 11.1 Å². The minimum absolute atomic E-state index is 1.02. The first-order valence-electron chi connectivity index (χ1n) is 5.66.